The summed E-state index contributed by atoms with van der Waals surface area (Å²) in [4.78, 5) is 20.9. The van der Waals surface area contributed by atoms with E-state index in [0.29, 0.717) is 0 Å². The zero-order valence-electron chi connectivity index (χ0n) is 11.5. The maximum atomic E-state index is 13.6. The Kier molecular flexibility index (Phi) is 4.65. The highest BCUT2D eigenvalue weighted by Crippen LogP contribution is 2.28. The lowest BCUT2D eigenvalue weighted by molar-refractivity contribution is -0.385. The van der Waals surface area contributed by atoms with E-state index >= 15 is 0 Å². The first-order valence-electron chi connectivity index (χ1n) is 5.96. The highest BCUT2D eigenvalue weighted by molar-refractivity contribution is 5.73. The molecule has 0 aliphatic carbocycles. The Morgan fingerprint density at radius 2 is 2.10 bits per heavy atom. The van der Waals surface area contributed by atoms with Gasteiger partial charge in [0.05, 0.1) is 23.0 Å². The van der Waals surface area contributed by atoms with Crippen LogP contribution >= 0.6 is 0 Å². The fourth-order valence-electron chi connectivity index (χ4n) is 1.47. The molecule has 0 saturated heterocycles. The topological polar surface area (TPSA) is 89.7 Å². The summed E-state index contributed by atoms with van der Waals surface area (Å²) in [6, 6.07) is 2.04. The molecule has 0 bridgehead atoms. The minimum Gasteiger partial charge on any atom is -0.490 e. The molecule has 0 radical (unpaired) electrons. The van der Waals surface area contributed by atoms with Gasteiger partial charge in [0, 0.05) is 5.56 Å². The number of carboxylic acids is 1. The van der Waals surface area contributed by atoms with Crippen LogP contribution in [0.3, 0.4) is 0 Å². The van der Waals surface area contributed by atoms with Gasteiger partial charge in [0.1, 0.15) is 0 Å². The summed E-state index contributed by atoms with van der Waals surface area (Å²) in [5, 5.41) is 19.6. The van der Waals surface area contributed by atoms with E-state index in [-0.39, 0.29) is 30.0 Å². The molecule has 110 valence electrons. The molecule has 7 heteroatoms. The summed E-state index contributed by atoms with van der Waals surface area (Å²) in [6.07, 6.45) is 0.192. The summed E-state index contributed by atoms with van der Waals surface area (Å²) in [7, 11) is 0. The Bertz CT molecular complexity index is 542. The van der Waals surface area contributed by atoms with Crippen molar-refractivity contribution in [2.24, 2.45) is 5.41 Å². The van der Waals surface area contributed by atoms with Gasteiger partial charge in [0.25, 0.3) is 5.69 Å². The van der Waals surface area contributed by atoms with E-state index in [4.69, 9.17) is 9.84 Å². The highest BCUT2D eigenvalue weighted by atomic mass is 19.1. The first-order valence-corrected chi connectivity index (χ1v) is 5.96. The summed E-state index contributed by atoms with van der Waals surface area (Å²) >= 11 is 0. The van der Waals surface area contributed by atoms with Crippen LogP contribution in [0.1, 0.15) is 25.8 Å². The molecule has 0 aliphatic heterocycles. The molecule has 1 aromatic rings. The molecule has 20 heavy (non-hydrogen) atoms. The van der Waals surface area contributed by atoms with Gasteiger partial charge in [0.2, 0.25) is 0 Å². The van der Waals surface area contributed by atoms with Gasteiger partial charge in [-0.3, -0.25) is 14.9 Å². The van der Waals surface area contributed by atoms with Crippen molar-refractivity contribution in [1.29, 1.82) is 0 Å². The number of aliphatic carboxylic acids is 1. The Hall–Kier alpha value is -2.18. The third-order valence-corrected chi connectivity index (χ3v) is 3.01. The summed E-state index contributed by atoms with van der Waals surface area (Å²) in [6.45, 7) is 4.56. The van der Waals surface area contributed by atoms with Crippen LogP contribution in [0.25, 0.3) is 0 Å². The molecule has 0 atom stereocenters. The Balaban J connectivity index is 2.78. The second-order valence-corrected chi connectivity index (χ2v) is 5.11. The van der Waals surface area contributed by atoms with Crippen molar-refractivity contribution in [2.75, 3.05) is 6.61 Å². The molecule has 0 aromatic heterocycles. The average Bonchev–Trinajstić information content (AvgIpc) is 2.32. The fourth-order valence-corrected chi connectivity index (χ4v) is 1.47. The predicted molar refractivity (Wildman–Crippen MR) is 69.3 cm³/mol. The maximum absolute atomic E-state index is 13.6. The molecule has 1 aromatic carbocycles. The molecular formula is C13H16FNO5. The van der Waals surface area contributed by atoms with Crippen molar-refractivity contribution in [3.05, 3.63) is 33.6 Å². The number of carbonyl (C=O) groups is 1. The molecule has 0 spiro atoms. The van der Waals surface area contributed by atoms with Crippen molar-refractivity contribution in [2.45, 2.75) is 27.2 Å². The van der Waals surface area contributed by atoms with Gasteiger partial charge >= 0.3 is 5.97 Å². The summed E-state index contributed by atoms with van der Waals surface area (Å²) < 4.78 is 18.8. The smallest absolute Gasteiger partial charge is 0.309 e. The zero-order chi connectivity index (χ0) is 15.5. The molecule has 0 aliphatic rings. The first kappa shape index (κ1) is 15.9. The van der Waals surface area contributed by atoms with E-state index in [1.54, 1.807) is 0 Å². The third kappa shape index (κ3) is 3.66. The van der Waals surface area contributed by atoms with E-state index in [9.17, 15) is 19.3 Å². The van der Waals surface area contributed by atoms with Crippen LogP contribution in [-0.4, -0.2) is 22.6 Å². The van der Waals surface area contributed by atoms with Crippen LogP contribution in [0.5, 0.6) is 5.75 Å². The summed E-state index contributed by atoms with van der Waals surface area (Å²) in [5.41, 5.74) is -1.02. The normalized spacial score (nSPS) is 11.2. The molecule has 0 fully saturated rings. The van der Waals surface area contributed by atoms with Gasteiger partial charge in [0.15, 0.2) is 11.6 Å². The number of nitro groups is 1. The van der Waals surface area contributed by atoms with Crippen LogP contribution in [0, 0.1) is 28.3 Å². The number of carboxylic acid groups (broad SMARTS) is 1. The lowest BCUT2D eigenvalue weighted by atomic mass is 9.90. The minimum absolute atomic E-state index is 0.00741. The SMILES string of the molecule is Cc1cc(OCCC(C)(C)C(=O)O)c(F)cc1[N+](=O)[O-]. The monoisotopic (exact) mass is 285 g/mol. The van der Waals surface area contributed by atoms with E-state index in [1.165, 1.54) is 26.8 Å². The molecule has 6 nitrogen and oxygen atoms in total. The summed E-state index contributed by atoms with van der Waals surface area (Å²) in [5.74, 6) is -1.92. The van der Waals surface area contributed by atoms with Gasteiger partial charge < -0.3 is 9.84 Å². The lowest BCUT2D eigenvalue weighted by Crippen LogP contribution is -2.26. The van der Waals surface area contributed by atoms with Crippen molar-refractivity contribution < 1.29 is 24.0 Å². The van der Waals surface area contributed by atoms with Crippen LogP contribution in [0.15, 0.2) is 12.1 Å². The van der Waals surface area contributed by atoms with Crippen molar-refractivity contribution in [3.8, 4) is 5.75 Å². The number of hydrogen-bond donors (Lipinski definition) is 1. The number of rotatable bonds is 6. The molecule has 0 heterocycles. The Morgan fingerprint density at radius 3 is 2.60 bits per heavy atom. The number of nitrogens with zero attached hydrogens (tertiary/aromatic N) is 1. The van der Waals surface area contributed by atoms with E-state index in [0.717, 1.165) is 6.07 Å². The second kappa shape index (κ2) is 5.85. The quantitative estimate of drug-likeness (QED) is 0.641. The van der Waals surface area contributed by atoms with Gasteiger partial charge in [-0.1, -0.05) is 0 Å². The number of nitro benzene ring substituents is 1. The van der Waals surface area contributed by atoms with Crippen molar-refractivity contribution in [3.63, 3.8) is 0 Å². The minimum atomic E-state index is -0.980. The van der Waals surface area contributed by atoms with Crippen LogP contribution in [0.2, 0.25) is 0 Å². The number of hydrogen-bond acceptors (Lipinski definition) is 4. The average molecular weight is 285 g/mol. The van der Waals surface area contributed by atoms with Crippen molar-refractivity contribution >= 4 is 11.7 Å². The van der Waals surface area contributed by atoms with Crippen LogP contribution in [-0.2, 0) is 4.79 Å². The zero-order valence-corrected chi connectivity index (χ0v) is 11.5. The number of ether oxygens (including phenoxy) is 1. The molecule has 0 saturated carbocycles. The number of benzene rings is 1. The van der Waals surface area contributed by atoms with Gasteiger partial charge in [-0.25, -0.2) is 4.39 Å². The third-order valence-electron chi connectivity index (χ3n) is 3.01. The first-order chi connectivity index (χ1) is 9.15. The molecule has 0 unspecified atom stereocenters. The largest absolute Gasteiger partial charge is 0.490 e. The number of halogens is 1. The second-order valence-electron chi connectivity index (χ2n) is 5.11. The van der Waals surface area contributed by atoms with Gasteiger partial charge in [-0.15, -0.1) is 0 Å². The molecular weight excluding hydrogens is 269 g/mol. The lowest BCUT2D eigenvalue weighted by Gasteiger charge is -2.19. The van der Waals surface area contributed by atoms with E-state index in [2.05, 4.69) is 0 Å². The van der Waals surface area contributed by atoms with Gasteiger partial charge in [-0.2, -0.15) is 0 Å². The maximum Gasteiger partial charge on any atom is 0.309 e. The Labute approximate surface area is 115 Å². The molecule has 1 rings (SSSR count). The standard InChI is InChI=1S/C13H16FNO5/c1-8-6-11(9(14)7-10(8)15(18)19)20-5-4-13(2,3)12(16)17/h6-7H,4-5H2,1-3H3,(H,16,17). The van der Waals surface area contributed by atoms with E-state index < -0.39 is 22.1 Å². The van der Waals surface area contributed by atoms with Crippen molar-refractivity contribution in [1.82, 2.24) is 0 Å². The van der Waals surface area contributed by atoms with Crippen LogP contribution < -0.4 is 4.74 Å². The van der Waals surface area contributed by atoms with E-state index in [1.807, 2.05) is 0 Å². The predicted octanol–water partition coefficient (Wildman–Crippen LogP) is 2.92. The van der Waals surface area contributed by atoms with Gasteiger partial charge in [-0.05, 0) is 33.3 Å². The highest BCUT2D eigenvalue weighted by Gasteiger charge is 2.27. The van der Waals surface area contributed by atoms with Crippen LogP contribution in [0.4, 0.5) is 10.1 Å². The Morgan fingerprint density at radius 1 is 1.50 bits per heavy atom. The fraction of sp³-hybridized carbons (Fsp3) is 0.462. The molecule has 0 amide bonds. The molecule has 1 N–H and O–H groups in total. The number of aryl methyl sites for hydroxylation is 1.